The lowest BCUT2D eigenvalue weighted by Gasteiger charge is -2.42. The van der Waals surface area contributed by atoms with Crippen molar-refractivity contribution < 1.29 is 9.59 Å². The quantitative estimate of drug-likeness (QED) is 0.663. The Kier molecular flexibility index (Phi) is 4.75. The lowest BCUT2D eigenvalue weighted by Crippen LogP contribution is -2.58. The topological polar surface area (TPSA) is 75.2 Å². The van der Waals surface area contributed by atoms with Crippen LogP contribution in [0, 0.1) is 20.8 Å². The Labute approximate surface area is 157 Å². The lowest BCUT2D eigenvalue weighted by molar-refractivity contribution is -0.125. The van der Waals surface area contributed by atoms with Gasteiger partial charge < -0.3 is 5.32 Å². The van der Waals surface area contributed by atoms with Crippen molar-refractivity contribution in [3.63, 3.8) is 0 Å². The molecular formula is C19H22N4O2S. The van der Waals surface area contributed by atoms with Crippen LogP contribution in [0.15, 0.2) is 29.4 Å². The molecule has 0 spiro atoms. The molecule has 0 fully saturated rings. The zero-order chi connectivity index (χ0) is 19.1. The van der Waals surface area contributed by atoms with Crippen molar-refractivity contribution in [1.82, 2.24) is 9.97 Å². The van der Waals surface area contributed by atoms with Gasteiger partial charge in [0.2, 0.25) is 11.8 Å². The summed E-state index contributed by atoms with van der Waals surface area (Å²) < 4.78 is 0. The van der Waals surface area contributed by atoms with Crippen molar-refractivity contribution in [1.29, 1.82) is 0 Å². The van der Waals surface area contributed by atoms with Crippen LogP contribution < -0.4 is 10.2 Å². The molecular weight excluding hydrogens is 348 g/mol. The molecule has 0 atom stereocenters. The highest BCUT2D eigenvalue weighted by atomic mass is 32.2. The van der Waals surface area contributed by atoms with Crippen LogP contribution >= 0.6 is 11.8 Å². The van der Waals surface area contributed by atoms with E-state index in [9.17, 15) is 9.59 Å². The summed E-state index contributed by atoms with van der Waals surface area (Å²) in [6.45, 7) is 9.35. The largest absolute Gasteiger partial charge is 0.322 e. The first-order valence-electron chi connectivity index (χ1n) is 8.40. The van der Waals surface area contributed by atoms with Gasteiger partial charge in [-0.1, -0.05) is 23.9 Å². The molecule has 6 nitrogen and oxygen atoms in total. The van der Waals surface area contributed by atoms with Gasteiger partial charge in [-0.3, -0.25) is 14.5 Å². The molecule has 2 heterocycles. The van der Waals surface area contributed by atoms with E-state index >= 15 is 0 Å². The zero-order valence-electron chi connectivity index (χ0n) is 15.6. The number of nitrogens with zero attached hydrogens (tertiary/aromatic N) is 3. The summed E-state index contributed by atoms with van der Waals surface area (Å²) in [5.74, 6) is -0.193. The number of aryl methyl sites for hydroxylation is 2. The minimum Gasteiger partial charge on any atom is -0.322 e. The molecule has 2 aromatic rings. The van der Waals surface area contributed by atoms with Crippen LogP contribution in [0.25, 0.3) is 0 Å². The van der Waals surface area contributed by atoms with Crippen molar-refractivity contribution in [3.8, 4) is 0 Å². The summed E-state index contributed by atoms with van der Waals surface area (Å²) in [6.07, 6.45) is 0. The summed E-state index contributed by atoms with van der Waals surface area (Å²) in [4.78, 5) is 35.9. The van der Waals surface area contributed by atoms with Gasteiger partial charge in [-0.05, 0) is 52.3 Å². The molecule has 1 aromatic heterocycles. The summed E-state index contributed by atoms with van der Waals surface area (Å²) in [6, 6.07) is 7.33. The van der Waals surface area contributed by atoms with Gasteiger partial charge >= 0.3 is 0 Å². The zero-order valence-corrected chi connectivity index (χ0v) is 16.4. The van der Waals surface area contributed by atoms with Crippen LogP contribution in [-0.4, -0.2) is 33.1 Å². The number of aromatic nitrogens is 2. The molecule has 7 heteroatoms. The second kappa shape index (κ2) is 6.72. The maximum atomic E-state index is 13.0. The smallest absolute Gasteiger partial charge is 0.250 e. The number of benzene rings is 1. The first kappa shape index (κ1) is 18.4. The maximum absolute atomic E-state index is 13.0. The van der Waals surface area contributed by atoms with E-state index in [4.69, 9.17) is 0 Å². The summed E-state index contributed by atoms with van der Waals surface area (Å²) >= 11 is 1.29. The molecule has 0 bridgehead atoms. The fourth-order valence-corrected chi connectivity index (χ4v) is 3.68. The van der Waals surface area contributed by atoms with Crippen LogP contribution in [0.5, 0.6) is 0 Å². The number of hydrogen-bond acceptors (Lipinski definition) is 5. The fraction of sp³-hybridized carbons (Fsp3) is 0.368. The Bertz CT molecular complexity index is 872. The first-order valence-corrected chi connectivity index (χ1v) is 9.38. The number of anilines is 2. The SMILES string of the molecule is Cc1nc(SCC(=O)N2c3ccccc3NC(=O)C2(C)C)nc(C)c1C. The molecule has 1 aliphatic heterocycles. The number of rotatable bonds is 3. The Balaban J connectivity index is 1.86. The normalized spacial score (nSPS) is 15.4. The molecule has 0 saturated heterocycles. The van der Waals surface area contributed by atoms with E-state index in [1.54, 1.807) is 24.8 Å². The summed E-state index contributed by atoms with van der Waals surface area (Å²) in [5.41, 5.74) is 3.27. The predicted molar refractivity (Wildman–Crippen MR) is 104 cm³/mol. The fourth-order valence-electron chi connectivity index (χ4n) is 2.90. The summed E-state index contributed by atoms with van der Waals surface area (Å²) in [5, 5.41) is 3.44. The van der Waals surface area contributed by atoms with E-state index in [2.05, 4.69) is 15.3 Å². The molecule has 0 saturated carbocycles. The number of hydrogen-bond donors (Lipinski definition) is 1. The van der Waals surface area contributed by atoms with E-state index in [0.29, 0.717) is 16.5 Å². The van der Waals surface area contributed by atoms with Crippen LogP contribution in [0.3, 0.4) is 0 Å². The monoisotopic (exact) mass is 370 g/mol. The van der Waals surface area contributed by atoms with Crippen molar-refractivity contribution in [2.45, 2.75) is 45.3 Å². The van der Waals surface area contributed by atoms with E-state index < -0.39 is 5.54 Å². The molecule has 3 rings (SSSR count). The van der Waals surface area contributed by atoms with Crippen LogP contribution in [0.2, 0.25) is 0 Å². The van der Waals surface area contributed by atoms with Gasteiger partial charge in [0.15, 0.2) is 5.16 Å². The molecule has 1 N–H and O–H groups in total. The summed E-state index contributed by atoms with van der Waals surface area (Å²) in [7, 11) is 0. The van der Waals surface area contributed by atoms with E-state index in [1.807, 2.05) is 39.0 Å². The van der Waals surface area contributed by atoms with E-state index in [-0.39, 0.29) is 17.6 Å². The second-order valence-electron chi connectivity index (χ2n) is 6.85. The predicted octanol–water partition coefficient (Wildman–Crippen LogP) is 3.26. The van der Waals surface area contributed by atoms with Gasteiger partial charge in [-0.25, -0.2) is 9.97 Å². The third-order valence-corrected chi connectivity index (χ3v) is 5.53. The average molecular weight is 370 g/mol. The van der Waals surface area contributed by atoms with Crippen molar-refractivity contribution in [3.05, 3.63) is 41.2 Å². The van der Waals surface area contributed by atoms with E-state index in [0.717, 1.165) is 17.0 Å². The number of fused-ring (bicyclic) bond motifs is 1. The number of carbonyl (C=O) groups is 2. The third kappa shape index (κ3) is 3.19. The second-order valence-corrected chi connectivity index (χ2v) is 7.79. The van der Waals surface area contributed by atoms with Crippen LogP contribution in [-0.2, 0) is 9.59 Å². The molecule has 1 aliphatic rings. The van der Waals surface area contributed by atoms with Crippen molar-refractivity contribution in [2.75, 3.05) is 16.0 Å². The Morgan fingerprint density at radius 2 is 1.77 bits per heavy atom. The van der Waals surface area contributed by atoms with Gasteiger partial charge in [0.1, 0.15) is 5.54 Å². The highest BCUT2D eigenvalue weighted by Gasteiger charge is 2.43. The van der Waals surface area contributed by atoms with Crippen LogP contribution in [0.4, 0.5) is 11.4 Å². The highest BCUT2D eigenvalue weighted by Crippen LogP contribution is 2.37. The third-order valence-electron chi connectivity index (χ3n) is 4.69. The number of para-hydroxylation sites is 2. The van der Waals surface area contributed by atoms with Crippen LogP contribution in [0.1, 0.15) is 30.8 Å². The first-order chi connectivity index (χ1) is 12.2. The minimum absolute atomic E-state index is 0.151. The van der Waals surface area contributed by atoms with Crippen molar-refractivity contribution in [2.24, 2.45) is 0 Å². The average Bonchev–Trinajstić information content (AvgIpc) is 2.58. The molecule has 1 aromatic carbocycles. The van der Waals surface area contributed by atoms with Gasteiger partial charge in [0, 0.05) is 11.4 Å². The van der Waals surface area contributed by atoms with Gasteiger partial charge in [0.25, 0.3) is 0 Å². The van der Waals surface area contributed by atoms with Crippen molar-refractivity contribution >= 4 is 35.0 Å². The van der Waals surface area contributed by atoms with E-state index in [1.165, 1.54) is 11.8 Å². The standard InChI is InChI=1S/C19H22N4O2S/c1-11-12(2)20-18(21-13(11)3)26-10-16(24)23-15-9-7-6-8-14(15)22-17(25)19(23,4)5/h6-9H,10H2,1-5H3,(H,22,25). The number of thioether (sulfide) groups is 1. The molecule has 0 radical (unpaired) electrons. The van der Waals surface area contributed by atoms with Gasteiger partial charge in [-0.2, -0.15) is 0 Å². The minimum atomic E-state index is -0.966. The highest BCUT2D eigenvalue weighted by molar-refractivity contribution is 7.99. The molecule has 2 amide bonds. The lowest BCUT2D eigenvalue weighted by atomic mass is 9.96. The maximum Gasteiger partial charge on any atom is 0.250 e. The number of nitrogens with one attached hydrogen (secondary N) is 1. The Hall–Kier alpha value is -2.41. The Morgan fingerprint density at radius 1 is 1.15 bits per heavy atom. The van der Waals surface area contributed by atoms with Gasteiger partial charge in [-0.15, -0.1) is 0 Å². The molecule has 26 heavy (non-hydrogen) atoms. The number of carbonyl (C=O) groups excluding carboxylic acids is 2. The molecule has 0 unspecified atom stereocenters. The molecule has 136 valence electrons. The van der Waals surface area contributed by atoms with Gasteiger partial charge in [0.05, 0.1) is 17.1 Å². The Morgan fingerprint density at radius 3 is 2.42 bits per heavy atom. The molecule has 0 aliphatic carbocycles. The number of amides is 2.